The fourth-order valence-electron chi connectivity index (χ4n) is 2.46. The standard InChI is InChI=1S/C13H19N3O5S/c1-15-6-7-21-11(9-15)4-2-10-3-5-12(22(14,19)20)8-13(10)16(17)18/h3,5,8,11H,2,4,6-7,9H2,1H3,(H2,14,19,20)/t11-/m1/s1. The zero-order valence-corrected chi connectivity index (χ0v) is 13.1. The van der Waals surface area contributed by atoms with Gasteiger partial charge >= 0.3 is 0 Å². The molecule has 1 saturated heterocycles. The largest absolute Gasteiger partial charge is 0.376 e. The number of nitro benzene ring substituents is 1. The van der Waals surface area contributed by atoms with Crippen molar-refractivity contribution >= 4 is 15.7 Å². The van der Waals surface area contributed by atoms with Crippen molar-refractivity contribution < 1.29 is 18.1 Å². The molecule has 0 aliphatic carbocycles. The summed E-state index contributed by atoms with van der Waals surface area (Å²) >= 11 is 0. The molecule has 1 aliphatic rings. The molecule has 0 radical (unpaired) electrons. The van der Waals surface area contributed by atoms with Gasteiger partial charge in [-0.2, -0.15) is 0 Å². The maximum atomic E-state index is 11.3. The van der Waals surface area contributed by atoms with Crippen LogP contribution in [0.25, 0.3) is 0 Å². The summed E-state index contributed by atoms with van der Waals surface area (Å²) in [5, 5.41) is 16.1. The maximum absolute atomic E-state index is 11.3. The van der Waals surface area contributed by atoms with Gasteiger partial charge < -0.3 is 9.64 Å². The van der Waals surface area contributed by atoms with Crippen molar-refractivity contribution in [2.75, 3.05) is 26.7 Å². The number of nitro groups is 1. The molecular weight excluding hydrogens is 310 g/mol. The Morgan fingerprint density at radius 3 is 2.82 bits per heavy atom. The first-order valence-corrected chi connectivity index (χ1v) is 8.42. The maximum Gasteiger partial charge on any atom is 0.273 e. The van der Waals surface area contributed by atoms with Gasteiger partial charge in [0, 0.05) is 24.7 Å². The minimum Gasteiger partial charge on any atom is -0.376 e. The molecule has 1 atom stereocenters. The van der Waals surface area contributed by atoms with Gasteiger partial charge in [0.1, 0.15) is 0 Å². The van der Waals surface area contributed by atoms with Crippen LogP contribution in [0.1, 0.15) is 12.0 Å². The van der Waals surface area contributed by atoms with Crippen molar-refractivity contribution in [2.24, 2.45) is 5.14 Å². The second kappa shape index (κ2) is 6.69. The lowest BCUT2D eigenvalue weighted by molar-refractivity contribution is -0.385. The number of rotatable bonds is 5. The van der Waals surface area contributed by atoms with Crippen LogP contribution >= 0.6 is 0 Å². The summed E-state index contributed by atoms with van der Waals surface area (Å²) < 4.78 is 28.2. The Hall–Kier alpha value is -1.55. The van der Waals surface area contributed by atoms with Crippen LogP contribution < -0.4 is 5.14 Å². The number of benzene rings is 1. The number of nitrogens with two attached hydrogens (primary N) is 1. The Balaban J connectivity index is 2.15. The van der Waals surface area contributed by atoms with Crippen molar-refractivity contribution in [3.8, 4) is 0 Å². The van der Waals surface area contributed by atoms with Gasteiger partial charge in [0.25, 0.3) is 5.69 Å². The van der Waals surface area contributed by atoms with E-state index in [0.717, 1.165) is 19.2 Å². The lowest BCUT2D eigenvalue weighted by Crippen LogP contribution is -2.40. The molecule has 8 nitrogen and oxygen atoms in total. The number of nitrogens with zero attached hydrogens (tertiary/aromatic N) is 2. The molecule has 0 bridgehead atoms. The molecule has 22 heavy (non-hydrogen) atoms. The van der Waals surface area contributed by atoms with Crippen LogP contribution in [-0.4, -0.2) is 51.1 Å². The summed E-state index contributed by atoms with van der Waals surface area (Å²) in [6.45, 7) is 2.30. The fourth-order valence-corrected chi connectivity index (χ4v) is 2.99. The van der Waals surface area contributed by atoms with Crippen LogP contribution in [0.4, 0.5) is 5.69 Å². The van der Waals surface area contributed by atoms with Gasteiger partial charge in [-0.15, -0.1) is 0 Å². The first-order valence-electron chi connectivity index (χ1n) is 6.87. The lowest BCUT2D eigenvalue weighted by atomic mass is 10.0. The average Bonchev–Trinajstić information content (AvgIpc) is 2.44. The highest BCUT2D eigenvalue weighted by Crippen LogP contribution is 2.24. The zero-order chi connectivity index (χ0) is 16.3. The normalized spacial score (nSPS) is 20.0. The Morgan fingerprint density at radius 2 is 2.23 bits per heavy atom. The lowest BCUT2D eigenvalue weighted by Gasteiger charge is -2.30. The molecule has 122 valence electrons. The van der Waals surface area contributed by atoms with Crippen molar-refractivity contribution in [2.45, 2.75) is 23.8 Å². The number of aryl methyl sites for hydroxylation is 1. The Kier molecular flexibility index (Phi) is 5.12. The van der Waals surface area contributed by atoms with Gasteiger partial charge in [-0.25, -0.2) is 13.6 Å². The predicted octanol–water partition coefficient (Wildman–Crippen LogP) is 0.505. The summed E-state index contributed by atoms with van der Waals surface area (Å²) in [7, 11) is -1.96. The Bertz CT molecular complexity index is 662. The Labute approximate surface area is 129 Å². The molecule has 0 unspecified atom stereocenters. The number of ether oxygens (including phenoxy) is 1. The van der Waals surface area contributed by atoms with E-state index < -0.39 is 14.9 Å². The molecule has 1 aliphatic heterocycles. The number of sulfonamides is 1. The second-order valence-corrected chi connectivity index (χ2v) is 6.95. The highest BCUT2D eigenvalue weighted by molar-refractivity contribution is 7.89. The van der Waals surface area contributed by atoms with Gasteiger partial charge in [-0.1, -0.05) is 6.07 Å². The molecule has 0 amide bonds. The third-order valence-corrected chi connectivity index (χ3v) is 4.57. The van der Waals surface area contributed by atoms with Gasteiger partial charge in [0.2, 0.25) is 10.0 Å². The fraction of sp³-hybridized carbons (Fsp3) is 0.538. The van der Waals surface area contributed by atoms with E-state index in [1.165, 1.54) is 12.1 Å². The molecule has 1 heterocycles. The van der Waals surface area contributed by atoms with Crippen LogP contribution in [0.15, 0.2) is 23.1 Å². The van der Waals surface area contributed by atoms with Gasteiger partial charge in [-0.05, 0) is 26.0 Å². The number of primary sulfonamides is 1. The van der Waals surface area contributed by atoms with Crippen LogP contribution in [-0.2, 0) is 21.2 Å². The van der Waals surface area contributed by atoms with Crippen LogP contribution in [0.3, 0.4) is 0 Å². The summed E-state index contributed by atoms with van der Waals surface area (Å²) in [4.78, 5) is 12.4. The SMILES string of the molecule is CN1CCO[C@H](CCc2ccc(S(N)(=O)=O)cc2[N+](=O)[O-])C1. The van der Waals surface area contributed by atoms with Crippen LogP contribution in [0, 0.1) is 10.1 Å². The van der Waals surface area contributed by atoms with Crippen LogP contribution in [0.2, 0.25) is 0 Å². The van der Waals surface area contributed by atoms with Gasteiger partial charge in [0.15, 0.2) is 0 Å². The van der Waals surface area contributed by atoms with Gasteiger partial charge in [-0.3, -0.25) is 10.1 Å². The Morgan fingerprint density at radius 1 is 1.50 bits per heavy atom. The number of hydrogen-bond donors (Lipinski definition) is 1. The summed E-state index contributed by atoms with van der Waals surface area (Å²) in [5.41, 5.74) is 0.255. The van der Waals surface area contributed by atoms with E-state index in [2.05, 4.69) is 4.90 Å². The van der Waals surface area contributed by atoms with E-state index >= 15 is 0 Å². The third-order valence-electron chi connectivity index (χ3n) is 3.66. The summed E-state index contributed by atoms with van der Waals surface area (Å²) in [6.07, 6.45) is 1.11. The van der Waals surface area contributed by atoms with Gasteiger partial charge in [0.05, 0.1) is 22.5 Å². The van der Waals surface area contributed by atoms with Crippen molar-refractivity contribution in [3.05, 3.63) is 33.9 Å². The molecule has 0 aromatic heterocycles. The number of hydrogen-bond acceptors (Lipinski definition) is 6. The third kappa shape index (κ3) is 4.23. The minimum atomic E-state index is -3.95. The molecular formula is C13H19N3O5S. The molecule has 9 heteroatoms. The van der Waals surface area contributed by atoms with Crippen molar-refractivity contribution in [3.63, 3.8) is 0 Å². The summed E-state index contributed by atoms with van der Waals surface area (Å²) in [6, 6.07) is 3.76. The van der Waals surface area contributed by atoms with E-state index in [1.807, 2.05) is 7.05 Å². The van der Waals surface area contributed by atoms with E-state index in [0.29, 0.717) is 25.0 Å². The average molecular weight is 329 g/mol. The van der Waals surface area contributed by atoms with Crippen molar-refractivity contribution in [1.82, 2.24) is 4.90 Å². The molecule has 2 N–H and O–H groups in total. The first-order chi connectivity index (χ1) is 10.3. The smallest absolute Gasteiger partial charge is 0.273 e. The number of morpholine rings is 1. The highest BCUT2D eigenvalue weighted by atomic mass is 32.2. The topological polar surface area (TPSA) is 116 Å². The first kappa shape index (κ1) is 16.8. The van der Waals surface area contributed by atoms with E-state index in [-0.39, 0.29) is 16.7 Å². The molecule has 1 fully saturated rings. The molecule has 2 rings (SSSR count). The number of likely N-dealkylation sites (N-methyl/N-ethyl adjacent to an activating group) is 1. The molecule has 1 aromatic rings. The molecule has 0 saturated carbocycles. The van der Waals surface area contributed by atoms with Crippen molar-refractivity contribution in [1.29, 1.82) is 0 Å². The van der Waals surface area contributed by atoms with E-state index in [1.54, 1.807) is 0 Å². The summed E-state index contributed by atoms with van der Waals surface area (Å²) in [5.74, 6) is 0. The monoisotopic (exact) mass is 329 g/mol. The second-order valence-electron chi connectivity index (χ2n) is 5.39. The molecule has 0 spiro atoms. The minimum absolute atomic E-state index is 0.0243. The zero-order valence-electron chi connectivity index (χ0n) is 12.3. The van der Waals surface area contributed by atoms with E-state index in [4.69, 9.17) is 9.88 Å². The quantitative estimate of drug-likeness (QED) is 0.621. The highest BCUT2D eigenvalue weighted by Gasteiger charge is 2.22. The molecule has 1 aromatic carbocycles. The predicted molar refractivity (Wildman–Crippen MR) is 80.0 cm³/mol. The van der Waals surface area contributed by atoms with E-state index in [9.17, 15) is 18.5 Å². The van der Waals surface area contributed by atoms with Crippen LogP contribution in [0.5, 0.6) is 0 Å².